The van der Waals surface area contributed by atoms with E-state index in [4.69, 9.17) is 17.3 Å². The van der Waals surface area contributed by atoms with Gasteiger partial charge in [0.2, 0.25) is 0 Å². The molecule has 0 atom stereocenters. The average Bonchev–Trinajstić information content (AvgIpc) is 3.06. The van der Waals surface area contributed by atoms with Crippen molar-refractivity contribution in [2.24, 2.45) is 0 Å². The van der Waals surface area contributed by atoms with Crippen LogP contribution in [0.5, 0.6) is 0 Å². The molecule has 0 fully saturated rings. The molecule has 0 aliphatic carbocycles. The second-order valence-electron chi connectivity index (χ2n) is 6.82. The molecule has 0 saturated carbocycles. The summed E-state index contributed by atoms with van der Waals surface area (Å²) in [6, 6.07) is 9.43. The Balaban J connectivity index is 1.52. The number of carbonyl (C=O) groups excluding carboxylic acids is 1. The zero-order valence-corrected chi connectivity index (χ0v) is 18.0. The summed E-state index contributed by atoms with van der Waals surface area (Å²) in [6.45, 7) is 1.96. The molecule has 0 aliphatic rings. The Morgan fingerprint density at radius 2 is 1.72 bits per heavy atom. The topological polar surface area (TPSA) is 92.9 Å². The molecule has 2 aromatic heterocycles. The normalized spacial score (nSPS) is 11.5. The van der Waals surface area contributed by atoms with Crippen LogP contribution in [0.4, 0.5) is 35.2 Å². The highest BCUT2D eigenvalue weighted by atomic mass is 35.5. The van der Waals surface area contributed by atoms with E-state index < -0.39 is 22.8 Å². The summed E-state index contributed by atoms with van der Waals surface area (Å²) < 4.78 is 39.0. The molecule has 0 bridgehead atoms. The molecule has 0 unspecified atom stereocenters. The molecular weight excluding hydrogens is 463 g/mol. The number of rotatable bonds is 3. The number of urea groups is 1. The number of aryl methyl sites for hydroxylation is 1. The molecule has 0 spiro atoms. The van der Waals surface area contributed by atoms with E-state index in [0.29, 0.717) is 11.5 Å². The lowest BCUT2D eigenvalue weighted by Crippen LogP contribution is -2.19. The third-order valence-corrected chi connectivity index (χ3v) is 6.00. The quantitative estimate of drug-likeness (QED) is 0.311. The maximum atomic E-state index is 13.0. The van der Waals surface area contributed by atoms with Gasteiger partial charge in [0.1, 0.15) is 17.0 Å². The molecule has 6 nitrogen and oxygen atoms in total. The third-order valence-electron chi connectivity index (χ3n) is 4.65. The minimum atomic E-state index is -4.63. The van der Waals surface area contributed by atoms with E-state index in [-0.39, 0.29) is 5.69 Å². The Kier molecular flexibility index (Phi) is 5.66. The summed E-state index contributed by atoms with van der Waals surface area (Å²) in [5.41, 5.74) is 7.22. The summed E-state index contributed by atoms with van der Waals surface area (Å²) in [4.78, 5) is 22.4. The SMILES string of the molecule is Cc1sc2ncnc(N)c2c1-c1ccc(NC(=O)Nc2ccc(Cl)c(C(F)(F)F)c2)cc1. The molecule has 2 aromatic carbocycles. The zero-order valence-electron chi connectivity index (χ0n) is 16.4. The van der Waals surface area contributed by atoms with Gasteiger partial charge in [0.25, 0.3) is 0 Å². The molecule has 11 heteroatoms. The summed E-state index contributed by atoms with van der Waals surface area (Å²) >= 11 is 7.11. The monoisotopic (exact) mass is 477 g/mol. The van der Waals surface area contributed by atoms with Crippen LogP contribution in [0.3, 0.4) is 0 Å². The van der Waals surface area contributed by atoms with E-state index in [1.54, 1.807) is 24.3 Å². The molecule has 0 radical (unpaired) electrons. The fraction of sp³-hybridized carbons (Fsp3) is 0.0952. The molecule has 0 saturated heterocycles. The average molecular weight is 478 g/mol. The Morgan fingerprint density at radius 1 is 1.06 bits per heavy atom. The second kappa shape index (κ2) is 8.29. The van der Waals surface area contributed by atoms with Crippen molar-refractivity contribution < 1.29 is 18.0 Å². The van der Waals surface area contributed by atoms with Gasteiger partial charge < -0.3 is 16.4 Å². The van der Waals surface area contributed by atoms with Gasteiger partial charge in [0, 0.05) is 21.8 Å². The number of fused-ring (bicyclic) bond motifs is 1. The number of nitrogen functional groups attached to an aromatic ring is 1. The van der Waals surface area contributed by atoms with Crippen molar-refractivity contribution in [2.45, 2.75) is 13.1 Å². The van der Waals surface area contributed by atoms with Gasteiger partial charge in [-0.3, -0.25) is 0 Å². The van der Waals surface area contributed by atoms with Gasteiger partial charge in [-0.15, -0.1) is 11.3 Å². The standard InChI is InChI=1S/C21H15ClF3N5OS/c1-10-16(17-18(26)27-9-28-19(17)32-10)11-2-4-12(5-3-11)29-20(31)30-13-6-7-15(22)14(8-13)21(23,24)25/h2-9H,1H3,(H2,26,27,28)(H2,29,30,31). The predicted octanol–water partition coefficient (Wildman–Crippen LogP) is 6.57. The molecule has 2 amide bonds. The van der Waals surface area contributed by atoms with Gasteiger partial charge in [-0.25, -0.2) is 14.8 Å². The molecule has 4 aromatic rings. The van der Waals surface area contributed by atoms with Crippen molar-refractivity contribution in [1.82, 2.24) is 9.97 Å². The van der Waals surface area contributed by atoms with Crippen LogP contribution >= 0.6 is 22.9 Å². The summed E-state index contributed by atoms with van der Waals surface area (Å²) in [5.74, 6) is 0.386. The van der Waals surface area contributed by atoms with Gasteiger partial charge in [0.15, 0.2) is 0 Å². The van der Waals surface area contributed by atoms with E-state index in [9.17, 15) is 18.0 Å². The van der Waals surface area contributed by atoms with Crippen molar-refractivity contribution in [2.75, 3.05) is 16.4 Å². The molecule has 164 valence electrons. The fourth-order valence-electron chi connectivity index (χ4n) is 3.25. The molecule has 32 heavy (non-hydrogen) atoms. The van der Waals surface area contributed by atoms with Crippen LogP contribution in [0.25, 0.3) is 21.3 Å². The molecular formula is C21H15ClF3N5OS. The Labute approximate surface area is 189 Å². The minimum Gasteiger partial charge on any atom is -0.383 e. The highest BCUT2D eigenvalue weighted by molar-refractivity contribution is 7.19. The summed E-state index contributed by atoms with van der Waals surface area (Å²) in [7, 11) is 0. The highest BCUT2D eigenvalue weighted by Gasteiger charge is 2.33. The molecule has 4 N–H and O–H groups in total. The van der Waals surface area contributed by atoms with Crippen LogP contribution in [-0.2, 0) is 6.18 Å². The maximum absolute atomic E-state index is 13.0. The van der Waals surface area contributed by atoms with Crippen molar-refractivity contribution >= 4 is 56.4 Å². The number of nitrogens with two attached hydrogens (primary N) is 1. The zero-order chi connectivity index (χ0) is 23.0. The van der Waals surface area contributed by atoms with E-state index in [1.165, 1.54) is 23.7 Å². The first-order valence-corrected chi connectivity index (χ1v) is 10.4. The van der Waals surface area contributed by atoms with Gasteiger partial charge in [-0.1, -0.05) is 23.7 Å². The number of carbonyl (C=O) groups is 1. The maximum Gasteiger partial charge on any atom is 0.417 e. The third kappa shape index (κ3) is 4.32. The number of anilines is 3. The largest absolute Gasteiger partial charge is 0.417 e. The van der Waals surface area contributed by atoms with E-state index >= 15 is 0 Å². The summed E-state index contributed by atoms with van der Waals surface area (Å²) in [5, 5.41) is 5.29. The van der Waals surface area contributed by atoms with Crippen LogP contribution in [0.1, 0.15) is 10.4 Å². The van der Waals surface area contributed by atoms with E-state index in [2.05, 4.69) is 20.6 Å². The van der Waals surface area contributed by atoms with Crippen LogP contribution < -0.4 is 16.4 Å². The van der Waals surface area contributed by atoms with Crippen LogP contribution in [-0.4, -0.2) is 16.0 Å². The van der Waals surface area contributed by atoms with Crippen LogP contribution in [0.2, 0.25) is 5.02 Å². The van der Waals surface area contributed by atoms with Gasteiger partial charge in [-0.05, 0) is 42.8 Å². The number of nitrogens with zero attached hydrogens (tertiary/aromatic N) is 2. The molecule has 0 aliphatic heterocycles. The predicted molar refractivity (Wildman–Crippen MR) is 121 cm³/mol. The molecule has 4 rings (SSSR count). The number of benzene rings is 2. The van der Waals surface area contributed by atoms with Crippen LogP contribution in [0.15, 0.2) is 48.8 Å². The first kappa shape index (κ1) is 21.8. The molecule has 2 heterocycles. The van der Waals surface area contributed by atoms with Gasteiger partial charge in [-0.2, -0.15) is 13.2 Å². The Bertz CT molecular complexity index is 1320. The number of halogens is 4. The Hall–Kier alpha value is -3.37. The number of nitrogens with one attached hydrogen (secondary N) is 2. The number of amides is 2. The van der Waals surface area contributed by atoms with Crippen molar-refractivity contribution in [3.05, 3.63) is 64.3 Å². The number of hydrogen-bond acceptors (Lipinski definition) is 5. The van der Waals surface area contributed by atoms with Gasteiger partial charge >= 0.3 is 12.2 Å². The Morgan fingerprint density at radius 3 is 2.41 bits per heavy atom. The number of hydrogen-bond donors (Lipinski definition) is 3. The van der Waals surface area contributed by atoms with E-state index in [1.807, 2.05) is 6.92 Å². The lowest BCUT2D eigenvalue weighted by molar-refractivity contribution is -0.137. The smallest absolute Gasteiger partial charge is 0.383 e. The second-order valence-corrected chi connectivity index (χ2v) is 8.43. The minimum absolute atomic E-state index is 0.0355. The number of aromatic nitrogens is 2. The highest BCUT2D eigenvalue weighted by Crippen LogP contribution is 2.40. The first-order valence-electron chi connectivity index (χ1n) is 9.18. The number of alkyl halides is 3. The number of thiophene rings is 1. The van der Waals surface area contributed by atoms with Crippen LogP contribution in [0, 0.1) is 6.92 Å². The van der Waals surface area contributed by atoms with E-state index in [0.717, 1.165) is 38.4 Å². The summed E-state index contributed by atoms with van der Waals surface area (Å²) in [6.07, 6.45) is -3.21. The first-order chi connectivity index (χ1) is 15.1. The fourth-order valence-corrected chi connectivity index (χ4v) is 4.49. The lowest BCUT2D eigenvalue weighted by atomic mass is 10.0. The van der Waals surface area contributed by atoms with Gasteiger partial charge in [0.05, 0.1) is 16.0 Å². The van der Waals surface area contributed by atoms with Crippen molar-refractivity contribution in [1.29, 1.82) is 0 Å². The van der Waals surface area contributed by atoms with Crippen molar-refractivity contribution in [3.63, 3.8) is 0 Å². The van der Waals surface area contributed by atoms with Crippen molar-refractivity contribution in [3.8, 4) is 11.1 Å². The lowest BCUT2D eigenvalue weighted by Gasteiger charge is -2.12.